The first-order chi connectivity index (χ1) is 22.0. The van der Waals surface area contributed by atoms with Gasteiger partial charge in [0.15, 0.2) is 17.3 Å². The van der Waals surface area contributed by atoms with E-state index in [4.69, 9.17) is 20.2 Å². The highest BCUT2D eigenvalue weighted by atomic mass is 16.5. The summed E-state index contributed by atoms with van der Waals surface area (Å²) in [4.78, 5) is 49.5. The molecule has 5 N–H and O–H groups in total. The summed E-state index contributed by atoms with van der Waals surface area (Å²) in [5.74, 6) is 0.228. The molecule has 1 saturated heterocycles. The first-order valence-corrected chi connectivity index (χ1v) is 15.8. The smallest absolute Gasteiger partial charge is 0.271 e. The number of nitrogens with zero attached hydrogens (tertiary/aromatic N) is 4. The van der Waals surface area contributed by atoms with E-state index in [9.17, 15) is 14.4 Å². The van der Waals surface area contributed by atoms with Gasteiger partial charge in [0.05, 0.1) is 19.3 Å². The molecule has 0 spiro atoms. The van der Waals surface area contributed by atoms with Crippen molar-refractivity contribution in [2.45, 2.75) is 58.9 Å². The van der Waals surface area contributed by atoms with Crippen LogP contribution >= 0.6 is 0 Å². The van der Waals surface area contributed by atoms with Crippen molar-refractivity contribution in [1.29, 1.82) is 0 Å². The standard InChI is InChI=1S/C30H44N8O5.C3H8/c1-6-24-29(33-21-10-14-43-15-11-21)36-30(27(35-24)28(31)41)34-22-16-20(17-23(18-22)42-5)9-12-32-25(39)19-38(4)26(40)8-7-13-37(2)3;1-3-2/h7-8,16-18,21H,6,9-15,19H2,1-5H3,(H2,31,41)(H,32,39)(H2,33,34,36);3H2,1-2H3/b8-7+;. The van der Waals surface area contributed by atoms with Gasteiger partial charge in [0.2, 0.25) is 11.8 Å². The van der Waals surface area contributed by atoms with E-state index in [2.05, 4.69) is 34.8 Å². The number of methoxy groups -OCH3 is 1. The fourth-order valence-electron chi connectivity index (χ4n) is 4.45. The van der Waals surface area contributed by atoms with Crippen molar-refractivity contribution in [3.8, 4) is 5.75 Å². The van der Waals surface area contributed by atoms with Gasteiger partial charge in [-0.25, -0.2) is 9.97 Å². The lowest BCUT2D eigenvalue weighted by atomic mass is 10.1. The molecular formula is C33H52N8O5. The monoisotopic (exact) mass is 640 g/mol. The number of anilines is 3. The zero-order chi connectivity index (χ0) is 34.1. The fourth-order valence-corrected chi connectivity index (χ4v) is 4.45. The molecule has 0 bridgehead atoms. The van der Waals surface area contributed by atoms with Crippen molar-refractivity contribution < 1.29 is 23.9 Å². The Morgan fingerprint density at radius 2 is 1.76 bits per heavy atom. The van der Waals surface area contributed by atoms with E-state index in [-0.39, 0.29) is 35.9 Å². The molecule has 13 nitrogen and oxygen atoms in total. The molecule has 254 valence electrons. The summed E-state index contributed by atoms with van der Waals surface area (Å²) in [5, 5.41) is 9.51. The summed E-state index contributed by atoms with van der Waals surface area (Å²) in [6.45, 7) is 8.48. The lowest BCUT2D eigenvalue weighted by Gasteiger charge is -2.25. The maximum atomic E-state index is 12.4. The maximum absolute atomic E-state index is 12.4. The Hall–Kier alpha value is -4.23. The van der Waals surface area contributed by atoms with Crippen LogP contribution in [0.25, 0.3) is 0 Å². The van der Waals surface area contributed by atoms with Gasteiger partial charge < -0.3 is 41.0 Å². The Kier molecular flexibility index (Phi) is 16.5. The van der Waals surface area contributed by atoms with E-state index in [0.717, 1.165) is 18.4 Å². The molecule has 2 heterocycles. The highest BCUT2D eigenvalue weighted by Crippen LogP contribution is 2.27. The van der Waals surface area contributed by atoms with Crippen LogP contribution in [-0.2, 0) is 27.2 Å². The van der Waals surface area contributed by atoms with Gasteiger partial charge in [0.1, 0.15) is 5.75 Å². The zero-order valence-electron chi connectivity index (χ0n) is 28.4. The molecule has 0 radical (unpaired) electrons. The topological polar surface area (TPSA) is 164 Å². The van der Waals surface area contributed by atoms with E-state index < -0.39 is 5.91 Å². The number of amides is 3. The maximum Gasteiger partial charge on any atom is 0.271 e. The summed E-state index contributed by atoms with van der Waals surface area (Å²) in [5.41, 5.74) is 7.87. The molecule has 0 aliphatic carbocycles. The Labute approximate surface area is 273 Å². The summed E-state index contributed by atoms with van der Waals surface area (Å²) < 4.78 is 11.0. The van der Waals surface area contributed by atoms with Crippen LogP contribution in [0, 0.1) is 0 Å². The van der Waals surface area contributed by atoms with Gasteiger partial charge >= 0.3 is 0 Å². The highest BCUT2D eigenvalue weighted by molar-refractivity contribution is 5.96. The number of hydrogen-bond donors (Lipinski definition) is 4. The third-order valence-electron chi connectivity index (χ3n) is 6.79. The summed E-state index contributed by atoms with van der Waals surface area (Å²) in [7, 11) is 6.96. The van der Waals surface area contributed by atoms with E-state index in [1.54, 1.807) is 26.3 Å². The molecular weight excluding hydrogens is 588 g/mol. The number of likely N-dealkylation sites (N-methyl/N-ethyl adjacent to an activating group) is 2. The van der Waals surface area contributed by atoms with Crippen molar-refractivity contribution in [3.63, 3.8) is 0 Å². The number of primary amides is 1. The van der Waals surface area contributed by atoms with Gasteiger partial charge in [-0.05, 0) is 57.5 Å². The first-order valence-electron chi connectivity index (χ1n) is 15.8. The number of rotatable bonds is 15. The van der Waals surface area contributed by atoms with Gasteiger partial charge in [-0.1, -0.05) is 33.3 Å². The third-order valence-corrected chi connectivity index (χ3v) is 6.79. The van der Waals surface area contributed by atoms with Crippen LogP contribution in [0.15, 0.2) is 30.4 Å². The van der Waals surface area contributed by atoms with Gasteiger partial charge in [-0.3, -0.25) is 14.4 Å². The van der Waals surface area contributed by atoms with E-state index in [1.807, 2.05) is 38.1 Å². The second kappa shape index (κ2) is 20.0. The molecule has 13 heteroatoms. The van der Waals surface area contributed by atoms with Crippen LogP contribution in [0.3, 0.4) is 0 Å². The lowest BCUT2D eigenvalue weighted by molar-refractivity contribution is -0.131. The highest BCUT2D eigenvalue weighted by Gasteiger charge is 2.21. The summed E-state index contributed by atoms with van der Waals surface area (Å²) in [6, 6.07) is 5.71. The number of nitrogens with two attached hydrogens (primary N) is 1. The number of ether oxygens (including phenoxy) is 2. The fraction of sp³-hybridized carbons (Fsp3) is 0.545. The second-order valence-electron chi connectivity index (χ2n) is 11.3. The number of carbonyl (C=O) groups is 3. The molecule has 1 fully saturated rings. The molecule has 1 aliphatic rings. The number of aryl methyl sites for hydroxylation is 1. The predicted octanol–water partition coefficient (Wildman–Crippen LogP) is 3.13. The normalized spacial score (nSPS) is 13.1. The second-order valence-corrected chi connectivity index (χ2v) is 11.3. The van der Waals surface area contributed by atoms with Crippen LogP contribution in [0.5, 0.6) is 5.75 Å². The van der Waals surface area contributed by atoms with Gasteiger partial charge in [0, 0.05) is 57.2 Å². The molecule has 1 aromatic heterocycles. The molecule has 2 aromatic rings. The van der Waals surface area contributed by atoms with E-state index in [0.29, 0.717) is 62.1 Å². The van der Waals surface area contributed by atoms with Crippen LogP contribution < -0.4 is 26.4 Å². The minimum Gasteiger partial charge on any atom is -0.497 e. The predicted molar refractivity (Wildman–Crippen MR) is 182 cm³/mol. The zero-order valence-corrected chi connectivity index (χ0v) is 28.4. The molecule has 3 amide bonds. The molecule has 0 saturated carbocycles. The van der Waals surface area contributed by atoms with Crippen LogP contribution in [0.4, 0.5) is 17.3 Å². The Balaban J connectivity index is 0.00000236. The molecule has 0 atom stereocenters. The molecule has 1 aliphatic heterocycles. The number of nitrogens with one attached hydrogen (secondary N) is 3. The number of benzene rings is 1. The number of hydrogen-bond acceptors (Lipinski definition) is 10. The number of aromatic nitrogens is 2. The average Bonchev–Trinajstić information content (AvgIpc) is 3.01. The minimum absolute atomic E-state index is 0.0428. The molecule has 1 aromatic carbocycles. The van der Waals surface area contributed by atoms with E-state index in [1.165, 1.54) is 17.4 Å². The van der Waals surface area contributed by atoms with Crippen molar-refractivity contribution in [2.24, 2.45) is 5.73 Å². The minimum atomic E-state index is -0.690. The summed E-state index contributed by atoms with van der Waals surface area (Å²) >= 11 is 0. The van der Waals surface area contributed by atoms with Gasteiger partial charge in [-0.2, -0.15) is 0 Å². The summed E-state index contributed by atoms with van der Waals surface area (Å²) in [6.07, 6.45) is 7.24. The van der Waals surface area contributed by atoms with Crippen molar-refractivity contribution >= 4 is 35.0 Å². The number of carbonyl (C=O) groups excluding carboxylic acids is 3. The Bertz CT molecular complexity index is 1310. The Morgan fingerprint density at radius 1 is 1.07 bits per heavy atom. The molecule has 0 unspecified atom stereocenters. The van der Waals surface area contributed by atoms with Crippen LogP contribution in [-0.4, -0.2) is 105 Å². The SMILES string of the molecule is CCC.CCc1nc(C(N)=O)c(Nc2cc(CCNC(=O)CN(C)C(=O)/C=C/CN(C)C)cc(OC)c2)nc1NC1CCOCC1. The van der Waals surface area contributed by atoms with Gasteiger partial charge in [0.25, 0.3) is 5.91 Å². The average molecular weight is 641 g/mol. The molecule has 46 heavy (non-hydrogen) atoms. The van der Waals surface area contributed by atoms with Crippen molar-refractivity contribution in [1.82, 2.24) is 25.1 Å². The van der Waals surface area contributed by atoms with Crippen LogP contribution in [0.2, 0.25) is 0 Å². The largest absolute Gasteiger partial charge is 0.497 e. The third kappa shape index (κ3) is 13.0. The molecule has 3 rings (SSSR count). The van der Waals surface area contributed by atoms with E-state index >= 15 is 0 Å². The quantitative estimate of drug-likeness (QED) is 0.213. The van der Waals surface area contributed by atoms with Crippen molar-refractivity contribution in [2.75, 3.05) is 71.7 Å². The Morgan fingerprint density at radius 3 is 2.37 bits per heavy atom. The van der Waals surface area contributed by atoms with Crippen LogP contribution in [0.1, 0.15) is 61.8 Å². The first kappa shape index (κ1) is 38.0. The lowest BCUT2D eigenvalue weighted by Crippen LogP contribution is -2.38. The van der Waals surface area contributed by atoms with Crippen molar-refractivity contribution in [3.05, 3.63) is 47.3 Å². The van der Waals surface area contributed by atoms with Gasteiger partial charge in [-0.15, -0.1) is 0 Å².